The number of nitrogens with zero attached hydrogens (tertiary/aromatic N) is 1. The zero-order valence-electron chi connectivity index (χ0n) is 14.8. The highest BCUT2D eigenvalue weighted by Crippen LogP contribution is 2.19. The van der Waals surface area contributed by atoms with Crippen molar-refractivity contribution in [2.45, 2.75) is 6.92 Å². The van der Waals surface area contributed by atoms with Crippen LogP contribution < -0.4 is 15.4 Å². The number of carbonyl (C=O) groups excluding carboxylic acids is 2. The van der Waals surface area contributed by atoms with E-state index in [4.69, 9.17) is 4.74 Å². The van der Waals surface area contributed by atoms with Gasteiger partial charge in [-0.05, 0) is 55.5 Å². The van der Waals surface area contributed by atoms with Crippen molar-refractivity contribution in [2.24, 2.45) is 0 Å². The number of amides is 2. The molecule has 1 heterocycles. The molecule has 2 aromatic carbocycles. The lowest BCUT2D eigenvalue weighted by molar-refractivity contribution is 0.101. The molecule has 0 aliphatic rings. The number of pyridine rings is 1. The van der Waals surface area contributed by atoms with Crippen LogP contribution in [0.4, 0.5) is 11.4 Å². The van der Waals surface area contributed by atoms with Crippen molar-refractivity contribution < 1.29 is 14.3 Å². The third-order valence-electron chi connectivity index (χ3n) is 3.73. The van der Waals surface area contributed by atoms with Crippen molar-refractivity contribution in [3.63, 3.8) is 0 Å². The summed E-state index contributed by atoms with van der Waals surface area (Å²) in [5.41, 5.74) is 2.16. The number of carbonyl (C=O) groups is 2. The maximum atomic E-state index is 12.5. The molecule has 0 fully saturated rings. The minimum absolute atomic E-state index is 0.245. The summed E-state index contributed by atoms with van der Waals surface area (Å²) in [6.45, 7) is 2.42. The molecule has 0 atom stereocenters. The standard InChI is InChI=1S/C21H19N3O3/c1-2-27-19-8-3-5-16(13-19)21(26)24-18-7-4-6-17(14-18)23-20(25)15-9-11-22-12-10-15/h3-14H,2H2,1H3,(H,23,25)(H,24,26). The van der Waals surface area contributed by atoms with Gasteiger partial charge in [0.1, 0.15) is 5.75 Å². The smallest absolute Gasteiger partial charge is 0.255 e. The minimum Gasteiger partial charge on any atom is -0.494 e. The molecule has 0 aliphatic carbocycles. The zero-order valence-corrected chi connectivity index (χ0v) is 14.8. The first-order valence-corrected chi connectivity index (χ1v) is 8.51. The fourth-order valence-electron chi connectivity index (χ4n) is 2.48. The Kier molecular flexibility index (Phi) is 5.79. The number of hydrogen-bond donors (Lipinski definition) is 2. The summed E-state index contributed by atoms with van der Waals surface area (Å²) in [4.78, 5) is 28.6. The van der Waals surface area contributed by atoms with E-state index in [1.165, 1.54) is 0 Å². The molecule has 0 unspecified atom stereocenters. The van der Waals surface area contributed by atoms with E-state index < -0.39 is 0 Å². The van der Waals surface area contributed by atoms with Crippen LogP contribution in [0.1, 0.15) is 27.6 Å². The predicted molar refractivity (Wildman–Crippen MR) is 104 cm³/mol. The monoisotopic (exact) mass is 361 g/mol. The lowest BCUT2D eigenvalue weighted by atomic mass is 10.2. The Morgan fingerprint density at radius 2 is 1.48 bits per heavy atom. The molecule has 0 aliphatic heterocycles. The molecule has 3 rings (SSSR count). The average Bonchev–Trinajstić information content (AvgIpc) is 2.69. The van der Waals surface area contributed by atoms with Crippen molar-refractivity contribution in [2.75, 3.05) is 17.2 Å². The van der Waals surface area contributed by atoms with Gasteiger partial charge in [-0.25, -0.2) is 0 Å². The molecule has 0 saturated heterocycles. The number of hydrogen-bond acceptors (Lipinski definition) is 4. The molecule has 2 amide bonds. The molecule has 0 spiro atoms. The summed E-state index contributed by atoms with van der Waals surface area (Å²) >= 11 is 0. The molecule has 1 aromatic heterocycles. The Balaban J connectivity index is 1.69. The zero-order chi connectivity index (χ0) is 19.1. The molecule has 27 heavy (non-hydrogen) atoms. The van der Waals surface area contributed by atoms with Crippen molar-refractivity contribution in [1.82, 2.24) is 4.98 Å². The molecular formula is C21H19N3O3. The van der Waals surface area contributed by atoms with Gasteiger partial charge in [0, 0.05) is 34.9 Å². The van der Waals surface area contributed by atoms with Crippen molar-refractivity contribution in [3.05, 3.63) is 84.2 Å². The number of rotatable bonds is 6. The highest BCUT2D eigenvalue weighted by Gasteiger charge is 2.09. The number of nitrogens with one attached hydrogen (secondary N) is 2. The quantitative estimate of drug-likeness (QED) is 0.696. The summed E-state index contributed by atoms with van der Waals surface area (Å²) in [6.07, 6.45) is 3.11. The summed E-state index contributed by atoms with van der Waals surface area (Å²) in [7, 11) is 0. The summed E-state index contributed by atoms with van der Waals surface area (Å²) < 4.78 is 5.42. The van der Waals surface area contributed by atoms with E-state index in [9.17, 15) is 9.59 Å². The molecule has 3 aromatic rings. The Labute approximate surface area is 157 Å². The van der Waals surface area contributed by atoms with Gasteiger partial charge in [0.25, 0.3) is 11.8 Å². The van der Waals surface area contributed by atoms with Gasteiger partial charge >= 0.3 is 0 Å². The van der Waals surface area contributed by atoms with Crippen molar-refractivity contribution >= 4 is 23.2 Å². The largest absolute Gasteiger partial charge is 0.494 e. The molecule has 6 heteroatoms. The normalized spacial score (nSPS) is 10.1. The first-order valence-electron chi connectivity index (χ1n) is 8.51. The van der Waals surface area contributed by atoms with Crippen LogP contribution in [0, 0.1) is 0 Å². The fourth-order valence-corrected chi connectivity index (χ4v) is 2.48. The van der Waals surface area contributed by atoms with E-state index in [0.29, 0.717) is 34.9 Å². The van der Waals surface area contributed by atoms with E-state index in [1.54, 1.807) is 73.1 Å². The number of ether oxygens (including phenoxy) is 1. The Morgan fingerprint density at radius 3 is 2.15 bits per heavy atom. The average molecular weight is 361 g/mol. The Hall–Kier alpha value is -3.67. The van der Waals surface area contributed by atoms with Gasteiger partial charge in [0.05, 0.1) is 6.61 Å². The molecular weight excluding hydrogens is 342 g/mol. The highest BCUT2D eigenvalue weighted by atomic mass is 16.5. The number of benzene rings is 2. The number of aromatic nitrogens is 1. The van der Waals surface area contributed by atoms with Crippen molar-refractivity contribution in [3.8, 4) is 5.75 Å². The molecule has 136 valence electrons. The number of anilines is 2. The van der Waals surface area contributed by atoms with Crippen LogP contribution >= 0.6 is 0 Å². The second-order valence-electron chi connectivity index (χ2n) is 5.69. The third-order valence-corrected chi connectivity index (χ3v) is 3.73. The molecule has 0 saturated carbocycles. The van der Waals surface area contributed by atoms with Gasteiger partial charge in [-0.15, -0.1) is 0 Å². The van der Waals surface area contributed by atoms with Crippen LogP contribution in [-0.4, -0.2) is 23.4 Å². The van der Waals surface area contributed by atoms with E-state index in [1.807, 2.05) is 6.92 Å². The van der Waals surface area contributed by atoms with Crippen molar-refractivity contribution in [1.29, 1.82) is 0 Å². The highest BCUT2D eigenvalue weighted by molar-refractivity contribution is 6.06. The van der Waals surface area contributed by atoms with E-state index >= 15 is 0 Å². The van der Waals surface area contributed by atoms with Crippen LogP contribution in [0.2, 0.25) is 0 Å². The molecule has 0 radical (unpaired) electrons. The first kappa shape index (κ1) is 18.1. The molecule has 0 bridgehead atoms. The predicted octanol–water partition coefficient (Wildman–Crippen LogP) is 3.98. The van der Waals surface area contributed by atoms with Gasteiger partial charge in [-0.2, -0.15) is 0 Å². The Morgan fingerprint density at radius 1 is 0.852 bits per heavy atom. The lowest BCUT2D eigenvalue weighted by Gasteiger charge is -2.10. The second-order valence-corrected chi connectivity index (χ2v) is 5.69. The van der Waals surface area contributed by atoms with Gasteiger partial charge in [-0.1, -0.05) is 12.1 Å². The first-order chi connectivity index (χ1) is 13.2. The van der Waals surface area contributed by atoms with Gasteiger partial charge < -0.3 is 15.4 Å². The topological polar surface area (TPSA) is 80.3 Å². The fraction of sp³-hybridized carbons (Fsp3) is 0.0952. The second kappa shape index (κ2) is 8.62. The summed E-state index contributed by atoms with van der Waals surface area (Å²) in [5.74, 6) is 0.142. The third kappa shape index (κ3) is 4.92. The molecule has 2 N–H and O–H groups in total. The van der Waals surface area contributed by atoms with E-state index in [0.717, 1.165) is 0 Å². The van der Waals surface area contributed by atoms with Crippen LogP contribution in [-0.2, 0) is 0 Å². The van der Waals surface area contributed by atoms with E-state index in [2.05, 4.69) is 15.6 Å². The maximum absolute atomic E-state index is 12.5. The summed E-state index contributed by atoms with van der Waals surface area (Å²) in [5, 5.41) is 5.62. The van der Waals surface area contributed by atoms with E-state index in [-0.39, 0.29) is 11.8 Å². The minimum atomic E-state index is -0.255. The van der Waals surface area contributed by atoms with Gasteiger partial charge in [0.2, 0.25) is 0 Å². The van der Waals surface area contributed by atoms with Gasteiger partial charge in [-0.3, -0.25) is 14.6 Å². The van der Waals surface area contributed by atoms with Crippen LogP contribution in [0.15, 0.2) is 73.1 Å². The SMILES string of the molecule is CCOc1cccc(C(=O)Nc2cccc(NC(=O)c3ccncc3)c2)c1. The summed E-state index contributed by atoms with van der Waals surface area (Å²) in [6, 6.07) is 17.2. The Bertz CT molecular complexity index is 942. The maximum Gasteiger partial charge on any atom is 0.255 e. The van der Waals surface area contributed by atoms with Crippen LogP contribution in [0.25, 0.3) is 0 Å². The lowest BCUT2D eigenvalue weighted by Crippen LogP contribution is -2.14. The van der Waals surface area contributed by atoms with Crippen LogP contribution in [0.5, 0.6) is 5.75 Å². The van der Waals surface area contributed by atoms with Gasteiger partial charge in [0.15, 0.2) is 0 Å². The van der Waals surface area contributed by atoms with Crippen LogP contribution in [0.3, 0.4) is 0 Å². The molecule has 6 nitrogen and oxygen atoms in total.